The van der Waals surface area contributed by atoms with Crippen LogP contribution in [0.25, 0.3) is 10.4 Å². The number of rotatable bonds is 1. The standard InChI is InChI=1S/C10H6ClFS/c11-8-5-10(13-6-8)7-2-1-3-9(12)4-7/h1-6H. The molecule has 3 heteroatoms. The SMILES string of the molecule is Fc1cccc(-c2cc(Cl)cs2)c1. The Labute approximate surface area is 84.6 Å². The Balaban J connectivity index is 2.46. The molecule has 0 aliphatic heterocycles. The van der Waals surface area contributed by atoms with Crippen LogP contribution >= 0.6 is 22.9 Å². The summed E-state index contributed by atoms with van der Waals surface area (Å²) in [6.07, 6.45) is 0. The molecule has 0 radical (unpaired) electrons. The molecule has 0 bridgehead atoms. The molecule has 1 aromatic heterocycles. The van der Waals surface area contributed by atoms with Crippen LogP contribution in [0.5, 0.6) is 0 Å². The molecule has 66 valence electrons. The van der Waals surface area contributed by atoms with E-state index < -0.39 is 0 Å². The van der Waals surface area contributed by atoms with Crippen LogP contribution in [0.4, 0.5) is 4.39 Å². The van der Waals surface area contributed by atoms with Gasteiger partial charge in [-0.2, -0.15) is 0 Å². The molecule has 0 aliphatic carbocycles. The molecule has 0 amide bonds. The van der Waals surface area contributed by atoms with Crippen molar-refractivity contribution < 1.29 is 4.39 Å². The zero-order chi connectivity index (χ0) is 9.26. The number of hydrogen-bond acceptors (Lipinski definition) is 1. The summed E-state index contributed by atoms with van der Waals surface area (Å²) in [7, 11) is 0. The third-order valence-corrected chi connectivity index (χ3v) is 3.00. The van der Waals surface area contributed by atoms with E-state index in [0.29, 0.717) is 5.02 Å². The zero-order valence-electron chi connectivity index (χ0n) is 6.63. The molecule has 0 aliphatic rings. The fourth-order valence-electron chi connectivity index (χ4n) is 1.11. The maximum absolute atomic E-state index is 12.8. The Kier molecular flexibility index (Phi) is 2.34. The van der Waals surface area contributed by atoms with Gasteiger partial charge in [-0.3, -0.25) is 0 Å². The number of halogens is 2. The molecular weight excluding hydrogens is 207 g/mol. The van der Waals surface area contributed by atoms with Gasteiger partial charge in [-0.1, -0.05) is 23.7 Å². The summed E-state index contributed by atoms with van der Waals surface area (Å²) in [5, 5.41) is 2.53. The molecule has 0 saturated carbocycles. The second-order valence-corrected chi connectivity index (χ2v) is 3.99. The van der Waals surface area contributed by atoms with E-state index in [-0.39, 0.29) is 5.82 Å². The minimum atomic E-state index is -0.220. The fraction of sp³-hybridized carbons (Fsp3) is 0. The zero-order valence-corrected chi connectivity index (χ0v) is 8.20. The van der Waals surface area contributed by atoms with E-state index in [4.69, 9.17) is 11.6 Å². The molecule has 0 N–H and O–H groups in total. The first-order valence-electron chi connectivity index (χ1n) is 3.76. The van der Waals surface area contributed by atoms with E-state index in [2.05, 4.69) is 0 Å². The molecule has 0 saturated heterocycles. The van der Waals surface area contributed by atoms with Gasteiger partial charge < -0.3 is 0 Å². The molecule has 2 aromatic rings. The Morgan fingerprint density at radius 3 is 2.69 bits per heavy atom. The molecule has 0 atom stereocenters. The number of thiophene rings is 1. The summed E-state index contributed by atoms with van der Waals surface area (Å²) in [5.41, 5.74) is 0.872. The van der Waals surface area contributed by atoms with Gasteiger partial charge in [0.15, 0.2) is 0 Å². The first-order chi connectivity index (χ1) is 6.25. The molecule has 0 unspecified atom stereocenters. The van der Waals surface area contributed by atoms with Gasteiger partial charge in [0.05, 0.1) is 5.02 Å². The van der Waals surface area contributed by atoms with Crippen LogP contribution in [0.3, 0.4) is 0 Å². The monoisotopic (exact) mass is 212 g/mol. The quantitative estimate of drug-likeness (QED) is 0.665. The van der Waals surface area contributed by atoms with E-state index in [1.54, 1.807) is 6.07 Å². The summed E-state index contributed by atoms with van der Waals surface area (Å²) in [5.74, 6) is -0.220. The van der Waals surface area contributed by atoms with Crippen molar-refractivity contribution in [2.24, 2.45) is 0 Å². The van der Waals surface area contributed by atoms with Crippen LogP contribution in [0, 0.1) is 5.82 Å². The van der Waals surface area contributed by atoms with Crippen molar-refractivity contribution >= 4 is 22.9 Å². The smallest absolute Gasteiger partial charge is 0.123 e. The predicted octanol–water partition coefficient (Wildman–Crippen LogP) is 4.21. The highest BCUT2D eigenvalue weighted by molar-refractivity contribution is 7.14. The number of benzene rings is 1. The van der Waals surface area contributed by atoms with Crippen LogP contribution in [-0.4, -0.2) is 0 Å². The van der Waals surface area contributed by atoms with Gasteiger partial charge in [0, 0.05) is 10.3 Å². The van der Waals surface area contributed by atoms with Crippen molar-refractivity contribution in [2.45, 2.75) is 0 Å². The Morgan fingerprint density at radius 2 is 2.08 bits per heavy atom. The first-order valence-corrected chi connectivity index (χ1v) is 5.01. The fourth-order valence-corrected chi connectivity index (χ4v) is 2.18. The second-order valence-electron chi connectivity index (χ2n) is 2.64. The summed E-state index contributed by atoms with van der Waals surface area (Å²) >= 11 is 7.28. The van der Waals surface area contributed by atoms with Gasteiger partial charge in [0.1, 0.15) is 5.82 Å². The average Bonchev–Trinajstić information content (AvgIpc) is 2.52. The average molecular weight is 213 g/mol. The predicted molar refractivity (Wildman–Crippen MR) is 54.7 cm³/mol. The third kappa shape index (κ3) is 1.90. The van der Waals surface area contributed by atoms with Crippen LogP contribution in [0.15, 0.2) is 35.7 Å². The van der Waals surface area contributed by atoms with Crippen molar-refractivity contribution in [3.8, 4) is 10.4 Å². The highest BCUT2D eigenvalue weighted by Crippen LogP contribution is 2.29. The Bertz CT molecular complexity index is 422. The lowest BCUT2D eigenvalue weighted by atomic mass is 10.2. The van der Waals surface area contributed by atoms with E-state index in [1.807, 2.05) is 17.5 Å². The number of hydrogen-bond donors (Lipinski definition) is 0. The topological polar surface area (TPSA) is 0 Å². The van der Waals surface area contributed by atoms with E-state index in [9.17, 15) is 4.39 Å². The molecule has 2 rings (SSSR count). The Morgan fingerprint density at radius 1 is 1.23 bits per heavy atom. The van der Waals surface area contributed by atoms with Crippen molar-refractivity contribution in [1.82, 2.24) is 0 Å². The lowest BCUT2D eigenvalue weighted by Gasteiger charge is -1.95. The summed E-state index contributed by atoms with van der Waals surface area (Å²) in [6.45, 7) is 0. The van der Waals surface area contributed by atoms with Crippen molar-refractivity contribution in [2.75, 3.05) is 0 Å². The normalized spacial score (nSPS) is 10.3. The van der Waals surface area contributed by atoms with Gasteiger partial charge in [-0.15, -0.1) is 11.3 Å². The third-order valence-electron chi connectivity index (χ3n) is 1.68. The minimum Gasteiger partial charge on any atom is -0.207 e. The van der Waals surface area contributed by atoms with Crippen molar-refractivity contribution in [3.05, 3.63) is 46.6 Å². The summed E-state index contributed by atoms with van der Waals surface area (Å²) < 4.78 is 12.8. The van der Waals surface area contributed by atoms with Gasteiger partial charge in [0.25, 0.3) is 0 Å². The highest BCUT2D eigenvalue weighted by Gasteiger charge is 2.01. The maximum Gasteiger partial charge on any atom is 0.123 e. The summed E-state index contributed by atoms with van der Waals surface area (Å²) in [4.78, 5) is 0.990. The largest absolute Gasteiger partial charge is 0.207 e. The highest BCUT2D eigenvalue weighted by atomic mass is 35.5. The van der Waals surface area contributed by atoms with Crippen molar-refractivity contribution in [3.63, 3.8) is 0 Å². The Hall–Kier alpha value is -0.860. The molecule has 1 aromatic carbocycles. The van der Waals surface area contributed by atoms with Gasteiger partial charge in [-0.25, -0.2) is 4.39 Å². The lowest BCUT2D eigenvalue weighted by Crippen LogP contribution is -1.74. The van der Waals surface area contributed by atoms with E-state index in [0.717, 1.165) is 10.4 Å². The molecule has 0 nitrogen and oxygen atoms in total. The molecule has 0 spiro atoms. The van der Waals surface area contributed by atoms with E-state index >= 15 is 0 Å². The van der Waals surface area contributed by atoms with Crippen molar-refractivity contribution in [1.29, 1.82) is 0 Å². The molecule has 0 fully saturated rings. The van der Waals surface area contributed by atoms with Crippen LogP contribution < -0.4 is 0 Å². The molecular formula is C10H6ClFS. The minimum absolute atomic E-state index is 0.220. The van der Waals surface area contributed by atoms with Gasteiger partial charge in [-0.05, 0) is 23.8 Å². The summed E-state index contributed by atoms with van der Waals surface area (Å²) in [6, 6.07) is 8.32. The maximum atomic E-state index is 12.8. The van der Waals surface area contributed by atoms with Crippen LogP contribution in [0.1, 0.15) is 0 Å². The van der Waals surface area contributed by atoms with Gasteiger partial charge in [0.2, 0.25) is 0 Å². The lowest BCUT2D eigenvalue weighted by molar-refractivity contribution is 0.628. The first kappa shape index (κ1) is 8.73. The van der Waals surface area contributed by atoms with E-state index in [1.165, 1.54) is 23.5 Å². The second kappa shape index (κ2) is 3.48. The molecule has 1 heterocycles. The van der Waals surface area contributed by atoms with Gasteiger partial charge >= 0.3 is 0 Å². The van der Waals surface area contributed by atoms with Crippen LogP contribution in [-0.2, 0) is 0 Å². The van der Waals surface area contributed by atoms with Crippen LogP contribution in [0.2, 0.25) is 5.02 Å². The molecule has 13 heavy (non-hydrogen) atoms.